The molecule has 0 saturated heterocycles. The van der Waals surface area contributed by atoms with Gasteiger partial charge in [-0.3, -0.25) is 9.59 Å². The van der Waals surface area contributed by atoms with Crippen molar-refractivity contribution in [2.75, 3.05) is 13.3 Å². The SMILES string of the molecule is CNC(=O)c1cccc(CNC(=O)c2ccc(CSC)cc2)c1. The van der Waals surface area contributed by atoms with E-state index in [4.69, 9.17) is 0 Å². The Morgan fingerprint density at radius 1 is 0.957 bits per heavy atom. The lowest BCUT2D eigenvalue weighted by Gasteiger charge is -2.08. The number of nitrogens with one attached hydrogen (secondary N) is 2. The van der Waals surface area contributed by atoms with Gasteiger partial charge in [-0.25, -0.2) is 0 Å². The smallest absolute Gasteiger partial charge is 0.251 e. The van der Waals surface area contributed by atoms with Crippen molar-refractivity contribution in [3.8, 4) is 0 Å². The highest BCUT2D eigenvalue weighted by molar-refractivity contribution is 7.97. The van der Waals surface area contributed by atoms with Gasteiger partial charge in [-0.15, -0.1) is 0 Å². The summed E-state index contributed by atoms with van der Waals surface area (Å²) in [4.78, 5) is 23.8. The molecule has 0 saturated carbocycles. The van der Waals surface area contributed by atoms with E-state index in [9.17, 15) is 9.59 Å². The summed E-state index contributed by atoms with van der Waals surface area (Å²) in [7, 11) is 1.59. The Labute approximate surface area is 140 Å². The Morgan fingerprint density at radius 2 is 1.70 bits per heavy atom. The van der Waals surface area contributed by atoms with Gasteiger partial charge in [-0.1, -0.05) is 24.3 Å². The molecule has 0 bridgehead atoms. The van der Waals surface area contributed by atoms with Gasteiger partial charge in [-0.05, 0) is 41.6 Å². The molecule has 0 aliphatic carbocycles. The van der Waals surface area contributed by atoms with Crippen molar-refractivity contribution in [3.05, 3.63) is 70.8 Å². The standard InChI is InChI=1S/C18H20N2O2S/c1-19-17(21)16-5-3-4-14(10-16)11-20-18(22)15-8-6-13(7-9-15)12-23-2/h3-10H,11-12H2,1-2H3,(H,19,21)(H,20,22). The zero-order valence-corrected chi connectivity index (χ0v) is 14.1. The second-order valence-electron chi connectivity index (χ2n) is 5.09. The molecule has 0 aliphatic heterocycles. The first-order valence-corrected chi connectivity index (χ1v) is 8.70. The fraction of sp³-hybridized carbons (Fsp3) is 0.222. The maximum Gasteiger partial charge on any atom is 0.251 e. The fourth-order valence-corrected chi connectivity index (χ4v) is 2.70. The van der Waals surface area contributed by atoms with Crippen molar-refractivity contribution < 1.29 is 9.59 Å². The van der Waals surface area contributed by atoms with Gasteiger partial charge in [-0.2, -0.15) is 11.8 Å². The maximum absolute atomic E-state index is 12.2. The van der Waals surface area contributed by atoms with E-state index in [2.05, 4.69) is 10.6 Å². The highest BCUT2D eigenvalue weighted by Gasteiger charge is 2.07. The Balaban J connectivity index is 1.97. The maximum atomic E-state index is 12.2. The minimum atomic E-state index is -0.137. The molecule has 2 amide bonds. The predicted octanol–water partition coefficient (Wildman–Crippen LogP) is 2.84. The van der Waals surface area contributed by atoms with Crippen molar-refractivity contribution in [1.82, 2.24) is 10.6 Å². The fourth-order valence-electron chi connectivity index (χ4n) is 2.17. The van der Waals surface area contributed by atoms with Gasteiger partial charge in [0.25, 0.3) is 11.8 Å². The third-order valence-corrected chi connectivity index (χ3v) is 4.02. The van der Waals surface area contributed by atoms with Gasteiger partial charge in [0.1, 0.15) is 0 Å². The van der Waals surface area contributed by atoms with E-state index in [1.165, 1.54) is 5.56 Å². The molecule has 4 nitrogen and oxygen atoms in total. The van der Waals surface area contributed by atoms with Crippen molar-refractivity contribution in [2.45, 2.75) is 12.3 Å². The Bertz CT molecular complexity index is 684. The van der Waals surface area contributed by atoms with E-state index in [1.807, 2.05) is 42.7 Å². The molecule has 0 unspecified atom stereocenters. The third-order valence-electron chi connectivity index (χ3n) is 3.40. The van der Waals surface area contributed by atoms with Crippen molar-refractivity contribution in [3.63, 3.8) is 0 Å². The predicted molar refractivity (Wildman–Crippen MR) is 94.7 cm³/mol. The average molecular weight is 328 g/mol. The first kappa shape index (κ1) is 17.1. The lowest BCUT2D eigenvalue weighted by Crippen LogP contribution is -2.23. The number of carbonyl (C=O) groups is 2. The van der Waals surface area contributed by atoms with Crippen molar-refractivity contribution >= 4 is 23.6 Å². The topological polar surface area (TPSA) is 58.2 Å². The van der Waals surface area contributed by atoms with Crippen LogP contribution in [0.1, 0.15) is 31.8 Å². The number of benzene rings is 2. The number of hydrogen-bond donors (Lipinski definition) is 2. The summed E-state index contributed by atoms with van der Waals surface area (Å²) in [5, 5.41) is 5.46. The van der Waals surface area contributed by atoms with Crippen molar-refractivity contribution in [1.29, 1.82) is 0 Å². The third kappa shape index (κ3) is 4.86. The normalized spacial score (nSPS) is 10.2. The first-order chi connectivity index (χ1) is 11.1. The van der Waals surface area contributed by atoms with Crippen LogP contribution in [0, 0.1) is 0 Å². The molecule has 0 aliphatic rings. The summed E-state index contributed by atoms with van der Waals surface area (Å²) in [5.74, 6) is 0.683. The minimum Gasteiger partial charge on any atom is -0.355 e. The highest BCUT2D eigenvalue weighted by Crippen LogP contribution is 2.11. The molecule has 120 valence electrons. The molecule has 2 N–H and O–H groups in total. The summed E-state index contributed by atoms with van der Waals surface area (Å²) in [6.07, 6.45) is 2.05. The average Bonchev–Trinajstić information content (AvgIpc) is 2.60. The molecule has 0 atom stereocenters. The largest absolute Gasteiger partial charge is 0.355 e. The number of thioether (sulfide) groups is 1. The van der Waals surface area contributed by atoms with E-state index in [0.29, 0.717) is 17.7 Å². The van der Waals surface area contributed by atoms with E-state index >= 15 is 0 Å². The van der Waals surface area contributed by atoms with Gasteiger partial charge >= 0.3 is 0 Å². The number of hydrogen-bond acceptors (Lipinski definition) is 3. The van der Waals surface area contributed by atoms with E-state index in [0.717, 1.165) is 11.3 Å². The quantitative estimate of drug-likeness (QED) is 0.857. The lowest BCUT2D eigenvalue weighted by molar-refractivity contribution is 0.0948. The van der Waals surface area contributed by atoms with Gasteiger partial charge in [0.15, 0.2) is 0 Å². The summed E-state index contributed by atoms with van der Waals surface area (Å²) in [6, 6.07) is 14.8. The second kappa shape index (κ2) is 8.39. The van der Waals surface area contributed by atoms with Crippen LogP contribution in [-0.2, 0) is 12.3 Å². The van der Waals surface area contributed by atoms with Crippen LogP contribution in [0.3, 0.4) is 0 Å². The molecule has 0 heterocycles. The van der Waals surface area contributed by atoms with E-state index < -0.39 is 0 Å². The summed E-state index contributed by atoms with van der Waals surface area (Å²) < 4.78 is 0. The molecule has 0 fully saturated rings. The number of amides is 2. The van der Waals surface area contributed by atoms with Gasteiger partial charge in [0, 0.05) is 30.5 Å². The van der Waals surface area contributed by atoms with Crippen LogP contribution in [0.5, 0.6) is 0 Å². The first-order valence-electron chi connectivity index (χ1n) is 7.31. The number of carbonyl (C=O) groups excluding carboxylic acids is 2. The zero-order valence-electron chi connectivity index (χ0n) is 13.3. The van der Waals surface area contributed by atoms with Gasteiger partial charge in [0.2, 0.25) is 0 Å². The molecular weight excluding hydrogens is 308 g/mol. The van der Waals surface area contributed by atoms with Crippen LogP contribution in [0.2, 0.25) is 0 Å². The summed E-state index contributed by atoms with van der Waals surface area (Å²) in [5.41, 5.74) is 3.31. The molecule has 2 aromatic rings. The molecule has 0 spiro atoms. The van der Waals surface area contributed by atoms with Crippen LogP contribution < -0.4 is 10.6 Å². The van der Waals surface area contributed by atoms with E-state index in [-0.39, 0.29) is 11.8 Å². The van der Waals surface area contributed by atoms with Crippen LogP contribution in [0.25, 0.3) is 0 Å². The Kier molecular flexibility index (Phi) is 6.23. The van der Waals surface area contributed by atoms with Crippen LogP contribution in [-0.4, -0.2) is 25.1 Å². The van der Waals surface area contributed by atoms with Crippen LogP contribution >= 0.6 is 11.8 Å². The van der Waals surface area contributed by atoms with Crippen LogP contribution in [0.4, 0.5) is 0 Å². The van der Waals surface area contributed by atoms with Crippen LogP contribution in [0.15, 0.2) is 48.5 Å². The highest BCUT2D eigenvalue weighted by atomic mass is 32.2. The minimum absolute atomic E-state index is 0.119. The Hall–Kier alpha value is -2.27. The number of rotatable bonds is 6. The monoisotopic (exact) mass is 328 g/mol. The molecule has 0 aromatic heterocycles. The van der Waals surface area contributed by atoms with Crippen molar-refractivity contribution in [2.24, 2.45) is 0 Å². The molecule has 0 radical (unpaired) electrons. The molecule has 2 rings (SSSR count). The molecule has 2 aromatic carbocycles. The Morgan fingerprint density at radius 3 is 2.35 bits per heavy atom. The molecular formula is C18H20N2O2S. The zero-order chi connectivity index (χ0) is 16.7. The van der Waals surface area contributed by atoms with Gasteiger partial charge < -0.3 is 10.6 Å². The lowest BCUT2D eigenvalue weighted by atomic mass is 10.1. The van der Waals surface area contributed by atoms with E-state index in [1.54, 1.807) is 30.9 Å². The molecule has 23 heavy (non-hydrogen) atoms. The summed E-state index contributed by atoms with van der Waals surface area (Å²) >= 11 is 1.75. The molecule has 5 heteroatoms. The second-order valence-corrected chi connectivity index (χ2v) is 5.96. The van der Waals surface area contributed by atoms with Gasteiger partial charge in [0.05, 0.1) is 0 Å². The summed E-state index contributed by atoms with van der Waals surface area (Å²) in [6.45, 7) is 0.385.